The molecular formula is C13H11F3N2O2. The van der Waals surface area contributed by atoms with Crippen molar-refractivity contribution < 1.29 is 23.1 Å². The molecule has 2 aromatic rings. The minimum atomic E-state index is -1.32. The molecule has 1 heterocycles. The van der Waals surface area contributed by atoms with Crippen LogP contribution in [-0.4, -0.2) is 20.9 Å². The summed E-state index contributed by atoms with van der Waals surface area (Å²) in [5.41, 5.74) is -0.245. The van der Waals surface area contributed by atoms with Gasteiger partial charge in [0.2, 0.25) is 0 Å². The van der Waals surface area contributed by atoms with Crippen molar-refractivity contribution in [1.82, 2.24) is 9.78 Å². The molecule has 7 heteroatoms. The summed E-state index contributed by atoms with van der Waals surface area (Å²) in [6.45, 7) is 3.49. The molecule has 1 aromatic carbocycles. The van der Waals surface area contributed by atoms with Crippen molar-refractivity contribution in [3.8, 4) is 5.69 Å². The lowest BCUT2D eigenvalue weighted by molar-refractivity contribution is 0.0690. The third kappa shape index (κ3) is 2.38. The number of hydrogen-bond acceptors (Lipinski definition) is 2. The van der Waals surface area contributed by atoms with Crippen LogP contribution in [0.25, 0.3) is 5.69 Å². The zero-order chi connectivity index (χ0) is 15.0. The molecular weight excluding hydrogens is 273 g/mol. The van der Waals surface area contributed by atoms with E-state index in [9.17, 15) is 18.0 Å². The average molecular weight is 284 g/mol. The third-order valence-electron chi connectivity index (χ3n) is 2.77. The summed E-state index contributed by atoms with van der Waals surface area (Å²) >= 11 is 0. The summed E-state index contributed by atoms with van der Waals surface area (Å²) in [6.07, 6.45) is 0. The molecule has 4 nitrogen and oxygen atoms in total. The van der Waals surface area contributed by atoms with Gasteiger partial charge in [0.25, 0.3) is 0 Å². The maximum Gasteiger partial charge on any atom is 0.356 e. The molecule has 0 saturated heterocycles. The Morgan fingerprint density at radius 1 is 1.15 bits per heavy atom. The number of halogens is 3. The molecule has 0 radical (unpaired) electrons. The normalized spacial score (nSPS) is 11.1. The highest BCUT2D eigenvalue weighted by atomic mass is 19.2. The Labute approximate surface area is 112 Å². The highest BCUT2D eigenvalue weighted by Gasteiger charge is 2.20. The molecule has 0 aliphatic rings. The van der Waals surface area contributed by atoms with Gasteiger partial charge in [0.1, 0.15) is 5.69 Å². The van der Waals surface area contributed by atoms with Gasteiger partial charge < -0.3 is 5.11 Å². The number of rotatable bonds is 3. The number of benzene rings is 1. The molecule has 0 saturated carbocycles. The fourth-order valence-electron chi connectivity index (χ4n) is 1.78. The van der Waals surface area contributed by atoms with Crippen LogP contribution in [0.5, 0.6) is 0 Å². The first-order chi connectivity index (χ1) is 9.31. The highest BCUT2D eigenvalue weighted by Crippen LogP contribution is 2.24. The second-order valence-corrected chi connectivity index (χ2v) is 4.54. The first-order valence-corrected chi connectivity index (χ1v) is 5.79. The summed E-state index contributed by atoms with van der Waals surface area (Å²) < 4.78 is 40.9. The predicted molar refractivity (Wildman–Crippen MR) is 64.5 cm³/mol. The minimum absolute atomic E-state index is 0.178. The van der Waals surface area contributed by atoms with Crippen LogP contribution in [-0.2, 0) is 0 Å². The quantitative estimate of drug-likeness (QED) is 0.881. The lowest BCUT2D eigenvalue weighted by Crippen LogP contribution is -2.08. The smallest absolute Gasteiger partial charge is 0.356 e. The molecule has 0 atom stereocenters. The number of carboxylic acids is 1. The van der Waals surface area contributed by atoms with Crippen LogP contribution >= 0.6 is 0 Å². The fourth-order valence-corrected chi connectivity index (χ4v) is 1.78. The summed E-state index contributed by atoms with van der Waals surface area (Å²) in [7, 11) is 0. The van der Waals surface area contributed by atoms with Crippen LogP contribution in [0.2, 0.25) is 0 Å². The third-order valence-corrected chi connectivity index (χ3v) is 2.77. The Balaban J connectivity index is 2.68. The Kier molecular flexibility index (Phi) is 3.52. The molecule has 0 spiro atoms. The highest BCUT2D eigenvalue weighted by molar-refractivity contribution is 5.85. The van der Waals surface area contributed by atoms with Gasteiger partial charge in [-0.25, -0.2) is 22.6 Å². The molecule has 1 aromatic heterocycles. The van der Waals surface area contributed by atoms with Gasteiger partial charge in [0, 0.05) is 17.8 Å². The summed E-state index contributed by atoms with van der Waals surface area (Å²) in [5.74, 6) is -5.03. The molecule has 106 valence electrons. The average Bonchev–Trinajstić information content (AvgIpc) is 2.78. The van der Waals surface area contributed by atoms with Crippen LogP contribution < -0.4 is 0 Å². The maximum atomic E-state index is 13.8. The molecule has 0 aliphatic heterocycles. The first kappa shape index (κ1) is 14.1. The van der Waals surface area contributed by atoms with Crippen molar-refractivity contribution >= 4 is 5.97 Å². The number of nitrogens with zero attached hydrogens (tertiary/aromatic N) is 2. The van der Waals surface area contributed by atoms with Gasteiger partial charge >= 0.3 is 5.97 Å². The van der Waals surface area contributed by atoms with Gasteiger partial charge in [-0.2, -0.15) is 5.10 Å². The van der Waals surface area contributed by atoms with Crippen molar-refractivity contribution in [2.45, 2.75) is 19.8 Å². The molecule has 0 aliphatic carbocycles. The minimum Gasteiger partial charge on any atom is -0.476 e. The van der Waals surface area contributed by atoms with Crippen molar-refractivity contribution in [2.75, 3.05) is 0 Å². The number of carbonyl (C=O) groups is 1. The molecule has 20 heavy (non-hydrogen) atoms. The largest absolute Gasteiger partial charge is 0.476 e. The lowest BCUT2D eigenvalue weighted by atomic mass is 10.1. The molecule has 2 rings (SSSR count). The van der Waals surface area contributed by atoms with Gasteiger partial charge in [-0.05, 0) is 12.0 Å². The van der Waals surface area contributed by atoms with Gasteiger partial charge in [-0.3, -0.25) is 0 Å². The van der Waals surface area contributed by atoms with Crippen LogP contribution in [0.3, 0.4) is 0 Å². The standard InChI is InChI=1S/C13H11F3N2O2/c1-6(2)11-5-10(13(19)20)17-18(11)12-4-8(15)7(14)3-9(12)16/h3-6H,1-2H3,(H,19,20). The Morgan fingerprint density at radius 3 is 2.30 bits per heavy atom. The predicted octanol–water partition coefficient (Wildman–Crippen LogP) is 3.11. The van der Waals surface area contributed by atoms with Crippen LogP contribution in [0.4, 0.5) is 13.2 Å². The van der Waals surface area contributed by atoms with Crippen LogP contribution in [0.1, 0.15) is 35.9 Å². The van der Waals surface area contributed by atoms with E-state index in [1.165, 1.54) is 6.07 Å². The van der Waals surface area contributed by atoms with E-state index in [2.05, 4.69) is 5.10 Å². The van der Waals surface area contributed by atoms with Crippen molar-refractivity contribution in [1.29, 1.82) is 0 Å². The van der Waals surface area contributed by atoms with Gasteiger partial charge in [-0.15, -0.1) is 0 Å². The Bertz CT molecular complexity index is 680. The molecule has 0 amide bonds. The Morgan fingerprint density at radius 2 is 1.75 bits per heavy atom. The second-order valence-electron chi connectivity index (χ2n) is 4.54. The van der Waals surface area contributed by atoms with E-state index in [4.69, 9.17) is 5.11 Å². The Hall–Kier alpha value is -2.31. The number of aromatic nitrogens is 2. The van der Waals surface area contributed by atoms with Crippen LogP contribution in [0, 0.1) is 17.5 Å². The fraction of sp³-hybridized carbons (Fsp3) is 0.231. The van der Waals surface area contributed by atoms with Gasteiger partial charge in [0.05, 0.1) is 0 Å². The van der Waals surface area contributed by atoms with Gasteiger partial charge in [-0.1, -0.05) is 13.8 Å². The number of aromatic carboxylic acids is 1. The second kappa shape index (κ2) is 4.99. The lowest BCUT2D eigenvalue weighted by Gasteiger charge is -2.11. The summed E-state index contributed by atoms with van der Waals surface area (Å²) in [4.78, 5) is 10.9. The molecule has 0 fully saturated rings. The van der Waals surface area contributed by atoms with E-state index in [0.717, 1.165) is 4.68 Å². The molecule has 0 bridgehead atoms. The first-order valence-electron chi connectivity index (χ1n) is 5.79. The molecule has 0 unspecified atom stereocenters. The van der Waals surface area contributed by atoms with Crippen molar-refractivity contribution in [3.63, 3.8) is 0 Å². The van der Waals surface area contributed by atoms with Gasteiger partial charge in [0.15, 0.2) is 23.1 Å². The topological polar surface area (TPSA) is 55.1 Å². The summed E-state index contributed by atoms with van der Waals surface area (Å²) in [6, 6.07) is 2.32. The van der Waals surface area contributed by atoms with E-state index in [0.29, 0.717) is 17.8 Å². The van der Waals surface area contributed by atoms with E-state index < -0.39 is 23.4 Å². The SMILES string of the molecule is CC(C)c1cc(C(=O)O)nn1-c1cc(F)c(F)cc1F. The zero-order valence-electron chi connectivity index (χ0n) is 10.7. The number of hydrogen-bond donors (Lipinski definition) is 1. The van der Waals surface area contributed by atoms with E-state index in [-0.39, 0.29) is 17.3 Å². The van der Waals surface area contributed by atoms with E-state index in [1.807, 2.05) is 0 Å². The number of carboxylic acid groups (broad SMARTS) is 1. The van der Waals surface area contributed by atoms with E-state index in [1.54, 1.807) is 13.8 Å². The van der Waals surface area contributed by atoms with Crippen molar-refractivity contribution in [2.24, 2.45) is 0 Å². The monoisotopic (exact) mass is 284 g/mol. The zero-order valence-corrected chi connectivity index (χ0v) is 10.7. The van der Waals surface area contributed by atoms with E-state index >= 15 is 0 Å². The van der Waals surface area contributed by atoms with Crippen molar-refractivity contribution in [3.05, 3.63) is 47.0 Å². The maximum absolute atomic E-state index is 13.8. The molecule has 1 N–H and O–H groups in total. The van der Waals surface area contributed by atoms with Crippen LogP contribution in [0.15, 0.2) is 18.2 Å². The summed E-state index contributed by atoms with van der Waals surface area (Å²) in [5, 5.41) is 12.6.